The predicted molar refractivity (Wildman–Crippen MR) is 72.9 cm³/mol. The molecule has 18 heavy (non-hydrogen) atoms. The van der Waals surface area contributed by atoms with Gasteiger partial charge in [0.15, 0.2) is 0 Å². The van der Waals surface area contributed by atoms with Crippen molar-refractivity contribution in [2.45, 2.75) is 18.6 Å². The average molecular weight is 272 g/mol. The van der Waals surface area contributed by atoms with E-state index in [2.05, 4.69) is 13.5 Å². The van der Waals surface area contributed by atoms with E-state index in [1.807, 2.05) is 11.8 Å². The van der Waals surface area contributed by atoms with Crippen LogP contribution in [0.1, 0.15) is 13.3 Å². The molecule has 0 aromatic heterocycles. The zero-order valence-electron chi connectivity index (χ0n) is 10.7. The van der Waals surface area contributed by atoms with Crippen LogP contribution in [-0.4, -0.2) is 64.1 Å². The molecule has 0 radical (unpaired) electrons. The number of hydrogen-bond donors (Lipinski definition) is 1. The molecule has 0 bridgehead atoms. The monoisotopic (exact) mass is 272 g/mol. The van der Waals surface area contributed by atoms with Crippen LogP contribution in [0.4, 0.5) is 4.79 Å². The zero-order valence-corrected chi connectivity index (χ0v) is 11.5. The van der Waals surface area contributed by atoms with Crippen molar-refractivity contribution in [1.82, 2.24) is 9.80 Å². The SMILES string of the molecule is C=CCN(CC(=O)O)C(=O)N1CCSC(CC)C1. The normalized spacial score (nSPS) is 19.4. The second-order valence-corrected chi connectivity index (χ2v) is 5.60. The number of urea groups is 1. The number of thioether (sulfide) groups is 1. The lowest BCUT2D eigenvalue weighted by Gasteiger charge is -2.35. The van der Waals surface area contributed by atoms with E-state index in [1.165, 1.54) is 4.90 Å². The Morgan fingerprint density at radius 3 is 2.89 bits per heavy atom. The van der Waals surface area contributed by atoms with Gasteiger partial charge < -0.3 is 14.9 Å². The van der Waals surface area contributed by atoms with E-state index in [1.54, 1.807) is 11.0 Å². The van der Waals surface area contributed by atoms with E-state index < -0.39 is 5.97 Å². The summed E-state index contributed by atoms with van der Waals surface area (Å²) in [6, 6.07) is -0.198. The third-order valence-corrected chi connectivity index (χ3v) is 4.18. The van der Waals surface area contributed by atoms with Crippen LogP contribution in [-0.2, 0) is 4.79 Å². The molecule has 1 rings (SSSR count). The minimum Gasteiger partial charge on any atom is -0.480 e. The van der Waals surface area contributed by atoms with Crippen molar-refractivity contribution in [3.05, 3.63) is 12.7 Å². The van der Waals surface area contributed by atoms with E-state index in [9.17, 15) is 9.59 Å². The minimum absolute atomic E-state index is 0.198. The van der Waals surface area contributed by atoms with E-state index in [4.69, 9.17) is 5.11 Å². The molecule has 1 aliphatic heterocycles. The van der Waals surface area contributed by atoms with Gasteiger partial charge in [-0.05, 0) is 6.42 Å². The number of aliphatic carboxylic acids is 1. The maximum Gasteiger partial charge on any atom is 0.323 e. The summed E-state index contributed by atoms with van der Waals surface area (Å²) in [6.07, 6.45) is 2.58. The first-order valence-electron chi connectivity index (χ1n) is 6.06. The lowest BCUT2D eigenvalue weighted by atomic mass is 10.3. The molecular weight excluding hydrogens is 252 g/mol. The third-order valence-electron chi connectivity index (χ3n) is 2.81. The summed E-state index contributed by atoms with van der Waals surface area (Å²) in [4.78, 5) is 26.0. The molecule has 5 nitrogen and oxygen atoms in total. The molecule has 0 spiro atoms. The van der Waals surface area contributed by atoms with E-state index >= 15 is 0 Å². The summed E-state index contributed by atoms with van der Waals surface area (Å²) >= 11 is 1.87. The lowest BCUT2D eigenvalue weighted by Crippen LogP contribution is -2.50. The van der Waals surface area contributed by atoms with Crippen LogP contribution in [0.3, 0.4) is 0 Å². The van der Waals surface area contributed by atoms with Gasteiger partial charge in [-0.2, -0.15) is 11.8 Å². The number of amides is 2. The maximum absolute atomic E-state index is 12.2. The fourth-order valence-electron chi connectivity index (χ4n) is 1.87. The largest absolute Gasteiger partial charge is 0.480 e. The summed E-state index contributed by atoms with van der Waals surface area (Å²) in [5.74, 6) is -0.0807. The molecule has 1 fully saturated rings. The Labute approximate surface area is 112 Å². The number of rotatable bonds is 5. The quantitative estimate of drug-likeness (QED) is 0.771. The molecule has 1 saturated heterocycles. The molecule has 1 unspecified atom stereocenters. The van der Waals surface area contributed by atoms with Crippen LogP contribution < -0.4 is 0 Å². The Hall–Kier alpha value is -1.17. The molecule has 0 aromatic carbocycles. The van der Waals surface area contributed by atoms with Crippen LogP contribution >= 0.6 is 11.8 Å². The number of hydrogen-bond acceptors (Lipinski definition) is 3. The van der Waals surface area contributed by atoms with Crippen LogP contribution in [0, 0.1) is 0 Å². The van der Waals surface area contributed by atoms with Gasteiger partial charge in [0.2, 0.25) is 0 Å². The second-order valence-electron chi connectivity index (χ2n) is 4.19. The van der Waals surface area contributed by atoms with Crippen molar-refractivity contribution in [2.75, 3.05) is 31.9 Å². The van der Waals surface area contributed by atoms with Crippen molar-refractivity contribution in [1.29, 1.82) is 0 Å². The predicted octanol–water partition coefficient (Wildman–Crippen LogP) is 1.51. The van der Waals surface area contributed by atoms with E-state index in [0.29, 0.717) is 18.3 Å². The van der Waals surface area contributed by atoms with Gasteiger partial charge in [0, 0.05) is 30.6 Å². The fourth-order valence-corrected chi connectivity index (χ4v) is 3.05. The first-order chi connectivity index (χ1) is 8.58. The minimum atomic E-state index is -0.997. The molecule has 1 N–H and O–H groups in total. The molecule has 0 aromatic rings. The maximum atomic E-state index is 12.2. The van der Waals surface area contributed by atoms with Crippen molar-refractivity contribution in [3.8, 4) is 0 Å². The summed E-state index contributed by atoms with van der Waals surface area (Å²) in [5, 5.41) is 9.26. The van der Waals surface area contributed by atoms with Crippen molar-refractivity contribution < 1.29 is 14.7 Å². The molecule has 1 atom stereocenters. The average Bonchev–Trinajstić information content (AvgIpc) is 2.37. The third kappa shape index (κ3) is 4.25. The Morgan fingerprint density at radius 2 is 2.33 bits per heavy atom. The Balaban J connectivity index is 2.63. The molecule has 0 aliphatic carbocycles. The smallest absolute Gasteiger partial charge is 0.323 e. The van der Waals surface area contributed by atoms with E-state index in [-0.39, 0.29) is 19.1 Å². The Kier molecular flexibility index (Phi) is 6.04. The van der Waals surface area contributed by atoms with Gasteiger partial charge in [0.25, 0.3) is 0 Å². The highest BCUT2D eigenvalue weighted by atomic mass is 32.2. The van der Waals surface area contributed by atoms with Crippen LogP contribution in [0.15, 0.2) is 12.7 Å². The van der Waals surface area contributed by atoms with Gasteiger partial charge in [0.05, 0.1) is 0 Å². The van der Waals surface area contributed by atoms with Gasteiger partial charge in [-0.25, -0.2) is 4.79 Å². The molecule has 2 amide bonds. The van der Waals surface area contributed by atoms with Crippen molar-refractivity contribution in [3.63, 3.8) is 0 Å². The molecule has 102 valence electrons. The van der Waals surface area contributed by atoms with Gasteiger partial charge in [-0.15, -0.1) is 6.58 Å². The highest BCUT2D eigenvalue weighted by molar-refractivity contribution is 8.00. The molecular formula is C12H20N2O3S. The topological polar surface area (TPSA) is 60.9 Å². The molecule has 1 heterocycles. The lowest BCUT2D eigenvalue weighted by molar-refractivity contribution is -0.137. The fraction of sp³-hybridized carbons (Fsp3) is 0.667. The number of nitrogens with zero attached hydrogens (tertiary/aromatic N) is 2. The van der Waals surface area contributed by atoms with Gasteiger partial charge in [-0.3, -0.25) is 4.79 Å². The second kappa shape index (κ2) is 7.31. The Morgan fingerprint density at radius 1 is 1.61 bits per heavy atom. The van der Waals surface area contributed by atoms with Crippen LogP contribution in [0.5, 0.6) is 0 Å². The number of carbonyl (C=O) groups is 2. The molecule has 6 heteroatoms. The summed E-state index contributed by atoms with van der Waals surface area (Å²) in [5.41, 5.74) is 0. The van der Waals surface area contributed by atoms with Crippen LogP contribution in [0.2, 0.25) is 0 Å². The summed E-state index contributed by atoms with van der Waals surface area (Å²) in [6.45, 7) is 7.04. The van der Waals surface area contributed by atoms with Gasteiger partial charge >= 0.3 is 12.0 Å². The number of carbonyl (C=O) groups excluding carboxylic acids is 1. The van der Waals surface area contributed by atoms with Gasteiger partial charge in [0.1, 0.15) is 6.54 Å². The first-order valence-corrected chi connectivity index (χ1v) is 7.11. The first kappa shape index (κ1) is 14.9. The van der Waals surface area contributed by atoms with E-state index in [0.717, 1.165) is 12.2 Å². The standard InChI is InChI=1S/C12H20N2O3S/c1-3-5-13(9-11(15)16)12(17)14-6-7-18-10(4-2)8-14/h3,10H,1,4-9H2,2H3,(H,15,16). The summed E-state index contributed by atoms with van der Waals surface area (Å²) in [7, 11) is 0. The molecule has 0 saturated carbocycles. The van der Waals surface area contributed by atoms with Crippen molar-refractivity contribution >= 4 is 23.8 Å². The van der Waals surface area contributed by atoms with Crippen LogP contribution in [0.25, 0.3) is 0 Å². The highest BCUT2D eigenvalue weighted by Crippen LogP contribution is 2.21. The number of carboxylic acid groups (broad SMARTS) is 1. The van der Waals surface area contributed by atoms with Gasteiger partial charge in [-0.1, -0.05) is 13.0 Å². The molecule has 1 aliphatic rings. The Bertz CT molecular complexity index is 322. The zero-order chi connectivity index (χ0) is 13.5. The highest BCUT2D eigenvalue weighted by Gasteiger charge is 2.27. The summed E-state index contributed by atoms with van der Waals surface area (Å²) < 4.78 is 0. The number of carboxylic acids is 1. The van der Waals surface area contributed by atoms with Crippen molar-refractivity contribution in [2.24, 2.45) is 0 Å².